The van der Waals surface area contributed by atoms with Crippen molar-refractivity contribution in [3.8, 4) is 6.07 Å². The average Bonchev–Trinajstić information content (AvgIpc) is 2.55. The van der Waals surface area contributed by atoms with Gasteiger partial charge in [-0.2, -0.15) is 5.26 Å². The van der Waals surface area contributed by atoms with Crippen molar-refractivity contribution in [1.29, 1.82) is 5.26 Å². The van der Waals surface area contributed by atoms with E-state index < -0.39 is 15.4 Å². The van der Waals surface area contributed by atoms with Gasteiger partial charge in [0.05, 0.1) is 17.6 Å². The largest absolute Gasteiger partial charge is 0.338 e. The fourth-order valence-corrected chi connectivity index (χ4v) is 3.78. The van der Waals surface area contributed by atoms with Crippen LogP contribution in [-0.4, -0.2) is 31.4 Å². The second-order valence-electron chi connectivity index (χ2n) is 5.09. The van der Waals surface area contributed by atoms with E-state index in [1.54, 1.807) is 13.8 Å². The number of amides is 1. The first kappa shape index (κ1) is 14.0. The number of hydrogen-bond acceptors (Lipinski definition) is 4. The number of carbonyl (C=O) groups excluding carboxylic acids is 1. The zero-order chi connectivity index (χ0) is 13.1. The van der Waals surface area contributed by atoms with Crippen molar-refractivity contribution < 1.29 is 13.2 Å². The third-order valence-corrected chi connectivity index (χ3v) is 4.67. The molecule has 1 rings (SSSR count). The molecule has 0 saturated carbocycles. The second kappa shape index (κ2) is 5.05. The predicted octanol–water partition coefficient (Wildman–Crippen LogP) is 0.620. The van der Waals surface area contributed by atoms with Gasteiger partial charge < -0.3 is 5.32 Å². The molecule has 0 aromatic heterocycles. The molecule has 1 amide bonds. The number of nitrogens with one attached hydrogen (secondary N) is 1. The van der Waals surface area contributed by atoms with E-state index in [0.29, 0.717) is 12.8 Å². The SMILES string of the molecule is CC(C)(C#N)NC(=O)CCC1CCS(=O)(=O)C1. The molecule has 0 spiro atoms. The molecule has 17 heavy (non-hydrogen) atoms. The highest BCUT2D eigenvalue weighted by atomic mass is 32.2. The molecule has 1 saturated heterocycles. The molecule has 1 unspecified atom stereocenters. The third-order valence-electron chi connectivity index (χ3n) is 2.84. The minimum absolute atomic E-state index is 0.0935. The molecule has 0 aromatic carbocycles. The molecule has 0 aromatic rings. The van der Waals surface area contributed by atoms with Crippen LogP contribution in [0.4, 0.5) is 0 Å². The number of nitrogens with zero attached hydrogens (tertiary/aromatic N) is 1. The Morgan fingerprint density at radius 3 is 2.65 bits per heavy atom. The topological polar surface area (TPSA) is 87.0 Å². The van der Waals surface area contributed by atoms with Gasteiger partial charge in [-0.05, 0) is 32.6 Å². The molecule has 1 atom stereocenters. The highest BCUT2D eigenvalue weighted by molar-refractivity contribution is 7.91. The van der Waals surface area contributed by atoms with E-state index in [-0.39, 0.29) is 29.8 Å². The zero-order valence-corrected chi connectivity index (χ0v) is 11.0. The first-order valence-electron chi connectivity index (χ1n) is 5.67. The quantitative estimate of drug-likeness (QED) is 0.800. The predicted molar refractivity (Wildman–Crippen MR) is 63.8 cm³/mol. The summed E-state index contributed by atoms with van der Waals surface area (Å²) in [6, 6.07) is 1.99. The lowest BCUT2D eigenvalue weighted by Crippen LogP contribution is -2.42. The fourth-order valence-electron chi connectivity index (χ4n) is 1.87. The first-order chi connectivity index (χ1) is 7.74. The molecule has 0 bridgehead atoms. The molecule has 1 heterocycles. The molecule has 1 fully saturated rings. The average molecular weight is 258 g/mol. The van der Waals surface area contributed by atoms with Gasteiger partial charge in [-0.15, -0.1) is 0 Å². The lowest BCUT2D eigenvalue weighted by molar-refractivity contribution is -0.122. The van der Waals surface area contributed by atoms with Gasteiger partial charge in [0, 0.05) is 6.42 Å². The molecule has 1 aliphatic heterocycles. The third kappa shape index (κ3) is 4.73. The standard InChI is InChI=1S/C11H18N2O3S/c1-11(2,8-12)13-10(14)4-3-9-5-6-17(15,16)7-9/h9H,3-7H2,1-2H3,(H,13,14). The Morgan fingerprint density at radius 2 is 2.18 bits per heavy atom. The van der Waals surface area contributed by atoms with Crippen LogP contribution in [0.25, 0.3) is 0 Å². The van der Waals surface area contributed by atoms with Crippen molar-refractivity contribution in [2.24, 2.45) is 5.92 Å². The van der Waals surface area contributed by atoms with Gasteiger partial charge in [0.15, 0.2) is 9.84 Å². The summed E-state index contributed by atoms with van der Waals surface area (Å²) in [4.78, 5) is 11.5. The van der Waals surface area contributed by atoms with E-state index in [1.165, 1.54) is 0 Å². The molecular weight excluding hydrogens is 240 g/mol. The molecule has 0 aliphatic carbocycles. The Balaban J connectivity index is 2.33. The summed E-state index contributed by atoms with van der Waals surface area (Å²) in [6.07, 6.45) is 1.51. The van der Waals surface area contributed by atoms with E-state index in [1.807, 2.05) is 6.07 Å². The van der Waals surface area contributed by atoms with Crippen molar-refractivity contribution in [3.05, 3.63) is 0 Å². The number of sulfone groups is 1. The summed E-state index contributed by atoms with van der Waals surface area (Å²) in [5, 5.41) is 11.3. The molecule has 6 heteroatoms. The summed E-state index contributed by atoms with van der Waals surface area (Å²) < 4.78 is 22.4. The van der Waals surface area contributed by atoms with Gasteiger partial charge in [-0.25, -0.2) is 8.42 Å². The van der Waals surface area contributed by atoms with Crippen LogP contribution in [0.5, 0.6) is 0 Å². The van der Waals surface area contributed by atoms with Crippen molar-refractivity contribution in [3.63, 3.8) is 0 Å². The Hall–Kier alpha value is -1.09. The normalized spacial score (nSPS) is 23.0. The van der Waals surface area contributed by atoms with E-state index in [0.717, 1.165) is 0 Å². The smallest absolute Gasteiger partial charge is 0.221 e. The van der Waals surface area contributed by atoms with Crippen LogP contribution >= 0.6 is 0 Å². The molecule has 5 nitrogen and oxygen atoms in total. The summed E-state index contributed by atoms with van der Waals surface area (Å²) in [7, 11) is -2.87. The highest BCUT2D eigenvalue weighted by Crippen LogP contribution is 2.22. The Bertz CT molecular complexity index is 434. The number of rotatable bonds is 4. The maximum atomic E-state index is 11.5. The van der Waals surface area contributed by atoms with Gasteiger partial charge >= 0.3 is 0 Å². The number of nitriles is 1. The van der Waals surface area contributed by atoms with Crippen molar-refractivity contribution >= 4 is 15.7 Å². The number of hydrogen-bond donors (Lipinski definition) is 1. The van der Waals surface area contributed by atoms with Crippen molar-refractivity contribution in [1.82, 2.24) is 5.32 Å². The van der Waals surface area contributed by atoms with Gasteiger partial charge in [0.2, 0.25) is 5.91 Å². The number of carbonyl (C=O) groups is 1. The summed E-state index contributed by atoms with van der Waals surface area (Å²) in [5.41, 5.74) is -0.862. The Labute approximate surface area is 102 Å². The van der Waals surface area contributed by atoms with Crippen LogP contribution in [0.1, 0.15) is 33.1 Å². The Morgan fingerprint density at radius 1 is 1.53 bits per heavy atom. The highest BCUT2D eigenvalue weighted by Gasteiger charge is 2.28. The minimum atomic E-state index is -2.87. The molecule has 1 aliphatic rings. The first-order valence-corrected chi connectivity index (χ1v) is 7.49. The van der Waals surface area contributed by atoms with Crippen LogP contribution in [0.15, 0.2) is 0 Å². The van der Waals surface area contributed by atoms with Gasteiger partial charge in [0.25, 0.3) is 0 Å². The van der Waals surface area contributed by atoms with Gasteiger partial charge in [0.1, 0.15) is 5.54 Å². The minimum Gasteiger partial charge on any atom is -0.338 e. The van der Waals surface area contributed by atoms with Crippen molar-refractivity contribution in [2.45, 2.75) is 38.6 Å². The van der Waals surface area contributed by atoms with E-state index in [2.05, 4.69) is 5.32 Å². The summed E-state index contributed by atoms with van der Waals surface area (Å²) in [5.74, 6) is 0.335. The van der Waals surface area contributed by atoms with Gasteiger partial charge in [-0.3, -0.25) is 4.79 Å². The molecular formula is C11H18N2O3S. The van der Waals surface area contributed by atoms with Crippen LogP contribution in [0.2, 0.25) is 0 Å². The van der Waals surface area contributed by atoms with Crippen molar-refractivity contribution in [2.75, 3.05) is 11.5 Å². The lowest BCUT2D eigenvalue weighted by Gasteiger charge is -2.17. The maximum absolute atomic E-state index is 11.5. The molecule has 96 valence electrons. The van der Waals surface area contributed by atoms with Crippen LogP contribution in [0, 0.1) is 17.2 Å². The molecule has 1 N–H and O–H groups in total. The van der Waals surface area contributed by atoms with E-state index >= 15 is 0 Å². The Kier molecular flexibility index (Phi) is 4.15. The van der Waals surface area contributed by atoms with E-state index in [9.17, 15) is 13.2 Å². The zero-order valence-electron chi connectivity index (χ0n) is 10.2. The second-order valence-corrected chi connectivity index (χ2v) is 7.32. The molecule has 0 radical (unpaired) electrons. The lowest BCUT2D eigenvalue weighted by atomic mass is 10.0. The monoisotopic (exact) mass is 258 g/mol. The van der Waals surface area contributed by atoms with Crippen LogP contribution < -0.4 is 5.32 Å². The van der Waals surface area contributed by atoms with Crippen LogP contribution in [-0.2, 0) is 14.6 Å². The summed E-state index contributed by atoms with van der Waals surface area (Å²) >= 11 is 0. The summed E-state index contributed by atoms with van der Waals surface area (Å²) in [6.45, 7) is 3.26. The van der Waals surface area contributed by atoms with E-state index in [4.69, 9.17) is 5.26 Å². The van der Waals surface area contributed by atoms with Crippen LogP contribution in [0.3, 0.4) is 0 Å². The fraction of sp³-hybridized carbons (Fsp3) is 0.818. The maximum Gasteiger partial charge on any atom is 0.221 e. The van der Waals surface area contributed by atoms with Gasteiger partial charge in [-0.1, -0.05) is 0 Å².